The van der Waals surface area contributed by atoms with E-state index in [0.717, 1.165) is 35.6 Å². The Kier molecular flexibility index (Phi) is 6.25. The van der Waals surface area contributed by atoms with Gasteiger partial charge in [0.25, 0.3) is 5.91 Å². The minimum Gasteiger partial charge on any atom is -0.496 e. The number of carbonyl (C=O) groups excluding carboxylic acids is 1. The van der Waals surface area contributed by atoms with E-state index in [1.165, 1.54) is 19.2 Å². The molecule has 162 valence electrons. The highest BCUT2D eigenvalue weighted by molar-refractivity contribution is 7.89. The Morgan fingerprint density at radius 2 is 1.71 bits per heavy atom. The Bertz CT molecular complexity index is 1200. The fourth-order valence-electron chi connectivity index (χ4n) is 3.90. The van der Waals surface area contributed by atoms with Gasteiger partial charge in [0.2, 0.25) is 10.0 Å². The van der Waals surface area contributed by atoms with Crippen LogP contribution in [0.3, 0.4) is 0 Å². The minimum atomic E-state index is -3.80. The molecule has 0 aromatic heterocycles. The molecule has 1 amide bonds. The summed E-state index contributed by atoms with van der Waals surface area (Å²) in [6, 6.07) is 18.2. The van der Waals surface area contributed by atoms with Gasteiger partial charge in [0.1, 0.15) is 5.75 Å². The predicted molar refractivity (Wildman–Crippen MR) is 121 cm³/mol. The second kappa shape index (κ2) is 9.08. The molecule has 3 aromatic carbocycles. The maximum Gasteiger partial charge on any atom is 0.257 e. The van der Waals surface area contributed by atoms with Crippen LogP contribution in [0.5, 0.6) is 5.75 Å². The number of nitrogens with zero attached hydrogens (tertiary/aromatic N) is 1. The lowest BCUT2D eigenvalue weighted by atomic mass is 10.1. The van der Waals surface area contributed by atoms with Crippen LogP contribution in [-0.4, -0.2) is 39.4 Å². The topological polar surface area (TPSA) is 75.7 Å². The first kappa shape index (κ1) is 21.3. The van der Waals surface area contributed by atoms with Gasteiger partial charge in [0, 0.05) is 19.6 Å². The van der Waals surface area contributed by atoms with Crippen LogP contribution in [0.1, 0.15) is 35.2 Å². The van der Waals surface area contributed by atoms with Crippen molar-refractivity contribution in [3.63, 3.8) is 0 Å². The number of likely N-dealkylation sites (tertiary alicyclic amines) is 1. The summed E-state index contributed by atoms with van der Waals surface area (Å²) in [5.74, 6) is 0.187. The second-order valence-electron chi connectivity index (χ2n) is 7.72. The van der Waals surface area contributed by atoms with Crippen molar-refractivity contribution in [3.05, 3.63) is 71.8 Å². The molecule has 1 saturated heterocycles. The molecule has 1 heterocycles. The molecule has 0 radical (unpaired) electrons. The molecule has 31 heavy (non-hydrogen) atoms. The summed E-state index contributed by atoms with van der Waals surface area (Å²) in [6.45, 7) is 1.52. The van der Waals surface area contributed by atoms with Crippen LogP contribution in [0.4, 0.5) is 0 Å². The molecule has 1 fully saturated rings. The molecule has 0 spiro atoms. The van der Waals surface area contributed by atoms with Gasteiger partial charge < -0.3 is 9.64 Å². The minimum absolute atomic E-state index is 0.0504. The van der Waals surface area contributed by atoms with Crippen molar-refractivity contribution in [3.8, 4) is 5.75 Å². The molecule has 7 heteroatoms. The van der Waals surface area contributed by atoms with Gasteiger partial charge in [-0.3, -0.25) is 4.79 Å². The molecule has 0 saturated carbocycles. The number of carbonyl (C=O) groups is 1. The van der Waals surface area contributed by atoms with Crippen LogP contribution in [-0.2, 0) is 16.6 Å². The van der Waals surface area contributed by atoms with Crippen LogP contribution >= 0.6 is 0 Å². The zero-order chi connectivity index (χ0) is 21.8. The van der Waals surface area contributed by atoms with E-state index < -0.39 is 10.0 Å². The number of nitrogens with one attached hydrogen (secondary N) is 1. The van der Waals surface area contributed by atoms with Gasteiger partial charge in [-0.15, -0.1) is 0 Å². The van der Waals surface area contributed by atoms with E-state index in [0.29, 0.717) is 18.8 Å². The Labute approximate surface area is 182 Å². The molecule has 0 bridgehead atoms. The van der Waals surface area contributed by atoms with Crippen LogP contribution in [0, 0.1) is 0 Å². The first-order valence-corrected chi connectivity index (χ1v) is 11.9. The lowest BCUT2D eigenvalue weighted by Gasteiger charge is -2.27. The number of amides is 1. The molecule has 1 N–H and O–H groups in total. The third-order valence-electron chi connectivity index (χ3n) is 5.64. The smallest absolute Gasteiger partial charge is 0.257 e. The average molecular weight is 439 g/mol. The van der Waals surface area contributed by atoms with Gasteiger partial charge >= 0.3 is 0 Å². The monoisotopic (exact) mass is 438 g/mol. The summed E-state index contributed by atoms with van der Waals surface area (Å²) >= 11 is 0. The molecule has 3 aromatic rings. The van der Waals surface area contributed by atoms with Crippen LogP contribution in [0.15, 0.2) is 65.6 Å². The van der Waals surface area contributed by atoms with E-state index in [1.54, 1.807) is 11.0 Å². The number of benzene rings is 3. The maximum absolute atomic E-state index is 13.0. The molecule has 1 aliphatic heterocycles. The van der Waals surface area contributed by atoms with Gasteiger partial charge in [0.15, 0.2) is 0 Å². The standard InChI is InChI=1S/C24H26N2O4S/c1-30-23-12-11-21(16-22(23)24(27)26-13-5-2-6-14-26)31(28,29)25-17-18-9-10-19-7-3-4-8-20(19)15-18/h3-4,7-12,15-16,25H,2,5-6,13-14,17H2,1H3. The van der Waals surface area contributed by atoms with Crippen molar-refractivity contribution >= 4 is 26.7 Å². The van der Waals surface area contributed by atoms with E-state index in [1.807, 2.05) is 42.5 Å². The Morgan fingerprint density at radius 3 is 2.45 bits per heavy atom. The fraction of sp³-hybridized carbons (Fsp3) is 0.292. The lowest BCUT2D eigenvalue weighted by Crippen LogP contribution is -2.36. The largest absolute Gasteiger partial charge is 0.496 e. The van der Waals surface area contributed by atoms with E-state index in [4.69, 9.17) is 4.74 Å². The summed E-state index contributed by atoms with van der Waals surface area (Å²) in [4.78, 5) is 14.8. The zero-order valence-electron chi connectivity index (χ0n) is 17.5. The van der Waals surface area contributed by atoms with Crippen LogP contribution < -0.4 is 9.46 Å². The number of hydrogen-bond acceptors (Lipinski definition) is 4. The van der Waals surface area contributed by atoms with Crippen molar-refractivity contribution in [2.75, 3.05) is 20.2 Å². The first-order chi connectivity index (χ1) is 15.0. The van der Waals surface area contributed by atoms with Crippen molar-refractivity contribution in [2.45, 2.75) is 30.7 Å². The Morgan fingerprint density at radius 1 is 0.968 bits per heavy atom. The molecule has 0 unspecified atom stereocenters. The van der Waals surface area contributed by atoms with Gasteiger partial charge in [-0.05, 0) is 59.9 Å². The highest BCUT2D eigenvalue weighted by Crippen LogP contribution is 2.25. The highest BCUT2D eigenvalue weighted by atomic mass is 32.2. The molecular weight excluding hydrogens is 412 g/mol. The highest BCUT2D eigenvalue weighted by Gasteiger charge is 2.24. The first-order valence-electron chi connectivity index (χ1n) is 10.4. The zero-order valence-corrected chi connectivity index (χ0v) is 18.3. The number of ether oxygens (including phenoxy) is 1. The molecule has 6 nitrogen and oxygen atoms in total. The summed E-state index contributed by atoms with van der Waals surface area (Å²) in [5, 5.41) is 2.16. The third kappa shape index (κ3) is 4.73. The number of methoxy groups -OCH3 is 1. The summed E-state index contributed by atoms with van der Waals surface area (Å²) < 4.78 is 33.9. The summed E-state index contributed by atoms with van der Waals surface area (Å²) in [5.41, 5.74) is 1.14. The van der Waals surface area contributed by atoms with Gasteiger partial charge in [-0.25, -0.2) is 13.1 Å². The average Bonchev–Trinajstić information content (AvgIpc) is 2.82. The molecule has 4 rings (SSSR count). The van der Waals surface area contributed by atoms with Crippen molar-refractivity contribution in [1.82, 2.24) is 9.62 Å². The molecule has 0 aliphatic carbocycles. The molecular formula is C24H26N2O4S. The van der Waals surface area contributed by atoms with E-state index in [-0.39, 0.29) is 22.9 Å². The van der Waals surface area contributed by atoms with Gasteiger partial charge in [-0.2, -0.15) is 0 Å². The number of rotatable bonds is 6. The number of piperidine rings is 1. The summed E-state index contributed by atoms with van der Waals surface area (Å²) in [6.07, 6.45) is 3.02. The quantitative estimate of drug-likeness (QED) is 0.632. The molecule has 1 aliphatic rings. The predicted octanol–water partition coefficient (Wildman–Crippen LogP) is 3.95. The lowest BCUT2D eigenvalue weighted by molar-refractivity contribution is 0.0720. The Hall–Kier alpha value is -2.90. The van der Waals surface area contributed by atoms with E-state index in [2.05, 4.69) is 4.72 Å². The van der Waals surface area contributed by atoms with E-state index >= 15 is 0 Å². The maximum atomic E-state index is 13.0. The van der Waals surface area contributed by atoms with Gasteiger partial charge in [-0.1, -0.05) is 36.4 Å². The third-order valence-corrected chi connectivity index (χ3v) is 7.03. The summed E-state index contributed by atoms with van der Waals surface area (Å²) in [7, 11) is -2.32. The van der Waals surface area contributed by atoms with Crippen LogP contribution in [0.25, 0.3) is 10.8 Å². The SMILES string of the molecule is COc1ccc(S(=O)(=O)NCc2ccc3ccccc3c2)cc1C(=O)N1CCCCC1. The Balaban J connectivity index is 1.56. The van der Waals surface area contributed by atoms with E-state index in [9.17, 15) is 13.2 Å². The van der Waals surface area contributed by atoms with Crippen molar-refractivity contribution in [2.24, 2.45) is 0 Å². The van der Waals surface area contributed by atoms with Crippen LogP contribution in [0.2, 0.25) is 0 Å². The number of hydrogen-bond donors (Lipinski definition) is 1. The fourth-order valence-corrected chi connectivity index (χ4v) is 4.94. The normalized spacial score (nSPS) is 14.5. The van der Waals surface area contributed by atoms with Crippen molar-refractivity contribution in [1.29, 1.82) is 0 Å². The van der Waals surface area contributed by atoms with Crippen molar-refractivity contribution < 1.29 is 17.9 Å². The number of sulfonamides is 1. The number of fused-ring (bicyclic) bond motifs is 1. The second-order valence-corrected chi connectivity index (χ2v) is 9.49. The molecule has 0 atom stereocenters. The van der Waals surface area contributed by atoms with Gasteiger partial charge in [0.05, 0.1) is 17.6 Å².